The van der Waals surface area contributed by atoms with Crippen LogP contribution in [0.4, 0.5) is 0 Å². The molecular formula is C29H35NO5. The van der Waals surface area contributed by atoms with Gasteiger partial charge in [-0.1, -0.05) is 23.8 Å². The molecule has 1 aromatic heterocycles. The molecule has 1 aliphatic rings. The Hall–Kier alpha value is -3.38. The maximum absolute atomic E-state index is 13.2. The maximum Gasteiger partial charge on any atom is 0.307 e. The van der Waals surface area contributed by atoms with Gasteiger partial charge in [0.25, 0.3) is 5.56 Å². The summed E-state index contributed by atoms with van der Waals surface area (Å²) in [6.07, 6.45) is 1.69. The molecule has 0 atom stereocenters. The fourth-order valence-corrected chi connectivity index (χ4v) is 4.24. The molecule has 2 N–H and O–H groups in total. The number of carboxylic acids is 1. The number of hydrogen-bond donors (Lipinski definition) is 2. The number of carbonyl (C=O) groups is 1. The van der Waals surface area contributed by atoms with E-state index in [1.54, 1.807) is 32.3 Å². The van der Waals surface area contributed by atoms with Crippen LogP contribution in [0.1, 0.15) is 55.1 Å². The molecule has 0 aliphatic carbocycles. The fourth-order valence-electron chi connectivity index (χ4n) is 4.24. The zero-order valence-corrected chi connectivity index (χ0v) is 21.4. The zero-order chi connectivity index (χ0) is 25.9. The van der Waals surface area contributed by atoms with Crippen LogP contribution in [-0.2, 0) is 17.6 Å². The second kappa shape index (κ2) is 10.5. The molecule has 0 saturated heterocycles. The van der Waals surface area contributed by atoms with Gasteiger partial charge in [-0.05, 0) is 95.3 Å². The second-order valence-corrected chi connectivity index (χ2v) is 10.1. The molecule has 35 heavy (non-hydrogen) atoms. The third-order valence-corrected chi connectivity index (χ3v) is 5.79. The third-order valence-electron chi connectivity index (χ3n) is 5.79. The van der Waals surface area contributed by atoms with Gasteiger partial charge in [-0.15, -0.1) is 0 Å². The summed E-state index contributed by atoms with van der Waals surface area (Å²) in [7, 11) is 0. The number of carboxylic acid groups (broad SMARTS) is 1. The van der Waals surface area contributed by atoms with Crippen LogP contribution in [0.2, 0.25) is 0 Å². The van der Waals surface area contributed by atoms with Crippen molar-refractivity contribution in [3.05, 3.63) is 80.8 Å². The number of aryl methyl sites for hydroxylation is 2. The highest BCUT2D eigenvalue weighted by molar-refractivity contribution is 5.79. The minimum Gasteiger partial charge on any atom is -0.493 e. The summed E-state index contributed by atoms with van der Waals surface area (Å²) >= 11 is 0. The largest absolute Gasteiger partial charge is 0.493 e. The first kappa shape index (κ1) is 26.2. The molecule has 0 saturated carbocycles. The van der Waals surface area contributed by atoms with Crippen molar-refractivity contribution in [2.75, 3.05) is 6.61 Å². The highest BCUT2D eigenvalue weighted by Crippen LogP contribution is 2.35. The van der Waals surface area contributed by atoms with Crippen molar-refractivity contribution in [2.45, 2.75) is 66.4 Å². The SMILES string of the molecule is CC(C)(C)O.Cc1ccc(-n2c(C)c(-c3ccc4c(c3)CCCO4)c(CC(=O)O)c(C)c2=O)cc1. The number of rotatable bonds is 4. The Morgan fingerprint density at radius 3 is 2.29 bits per heavy atom. The van der Waals surface area contributed by atoms with Gasteiger partial charge in [0.1, 0.15) is 5.75 Å². The summed E-state index contributed by atoms with van der Waals surface area (Å²) in [5, 5.41) is 18.0. The standard InChI is InChI=1S/C25H25NO4.C4H10O/c1-15-6-9-20(10-7-15)26-17(3)24(21(14-23(27)28)16(2)25(26)29)19-8-11-22-18(13-19)5-4-12-30-22;1-4(2,3)5/h6-11,13H,4-5,12,14H2,1-3H3,(H,27,28);5H,1-3H3. The third kappa shape index (κ3) is 6.40. The molecule has 2 heterocycles. The van der Waals surface area contributed by atoms with E-state index >= 15 is 0 Å². The smallest absolute Gasteiger partial charge is 0.307 e. The molecule has 3 aromatic rings. The van der Waals surface area contributed by atoms with E-state index in [9.17, 15) is 14.7 Å². The number of aliphatic hydroxyl groups is 1. The van der Waals surface area contributed by atoms with Crippen molar-refractivity contribution in [1.29, 1.82) is 0 Å². The van der Waals surface area contributed by atoms with Crippen molar-refractivity contribution in [3.63, 3.8) is 0 Å². The van der Waals surface area contributed by atoms with Gasteiger partial charge in [-0.3, -0.25) is 14.2 Å². The van der Waals surface area contributed by atoms with Crippen LogP contribution in [0.25, 0.3) is 16.8 Å². The summed E-state index contributed by atoms with van der Waals surface area (Å²) < 4.78 is 7.42. The van der Waals surface area contributed by atoms with Crippen LogP contribution in [0.15, 0.2) is 47.3 Å². The summed E-state index contributed by atoms with van der Waals surface area (Å²) in [5.74, 6) is -0.0708. The Balaban J connectivity index is 0.000000623. The van der Waals surface area contributed by atoms with E-state index in [-0.39, 0.29) is 12.0 Å². The molecule has 0 spiro atoms. The van der Waals surface area contributed by atoms with E-state index in [4.69, 9.17) is 9.84 Å². The molecule has 0 bridgehead atoms. The predicted octanol–water partition coefficient (Wildman–Crippen LogP) is 5.16. The van der Waals surface area contributed by atoms with Crippen molar-refractivity contribution in [1.82, 2.24) is 4.57 Å². The molecule has 0 radical (unpaired) electrons. The lowest BCUT2D eigenvalue weighted by molar-refractivity contribution is -0.136. The van der Waals surface area contributed by atoms with Gasteiger partial charge < -0.3 is 14.9 Å². The first-order chi connectivity index (χ1) is 16.4. The number of hydrogen-bond acceptors (Lipinski definition) is 4. The normalized spacial score (nSPS) is 12.8. The van der Waals surface area contributed by atoms with Crippen molar-refractivity contribution in [2.24, 2.45) is 0 Å². The average molecular weight is 478 g/mol. The Morgan fingerprint density at radius 1 is 1.06 bits per heavy atom. The maximum atomic E-state index is 13.2. The Kier molecular flexibility index (Phi) is 7.86. The van der Waals surface area contributed by atoms with Crippen LogP contribution in [0, 0.1) is 20.8 Å². The van der Waals surface area contributed by atoms with Crippen LogP contribution in [0.3, 0.4) is 0 Å². The monoisotopic (exact) mass is 477 g/mol. The lowest BCUT2D eigenvalue weighted by Gasteiger charge is -2.22. The zero-order valence-electron chi connectivity index (χ0n) is 21.4. The van der Waals surface area contributed by atoms with Gasteiger partial charge in [-0.25, -0.2) is 0 Å². The molecule has 0 unspecified atom stereocenters. The molecule has 2 aromatic carbocycles. The summed E-state index contributed by atoms with van der Waals surface area (Å²) in [6, 6.07) is 13.8. The minimum absolute atomic E-state index is 0.183. The van der Waals surface area contributed by atoms with E-state index in [1.165, 1.54) is 0 Å². The number of nitrogens with zero attached hydrogens (tertiary/aromatic N) is 1. The van der Waals surface area contributed by atoms with Crippen molar-refractivity contribution < 1.29 is 19.7 Å². The first-order valence-electron chi connectivity index (χ1n) is 11.9. The quantitative estimate of drug-likeness (QED) is 0.542. The summed E-state index contributed by atoms with van der Waals surface area (Å²) in [5.41, 5.74) is 5.82. The topological polar surface area (TPSA) is 88.8 Å². The van der Waals surface area contributed by atoms with Gasteiger partial charge in [0, 0.05) is 22.5 Å². The molecule has 0 fully saturated rings. The lowest BCUT2D eigenvalue weighted by Crippen LogP contribution is -2.26. The second-order valence-electron chi connectivity index (χ2n) is 10.1. The number of pyridine rings is 1. The number of ether oxygens (including phenoxy) is 1. The van der Waals surface area contributed by atoms with E-state index in [1.807, 2.05) is 50.2 Å². The highest BCUT2D eigenvalue weighted by atomic mass is 16.5. The number of fused-ring (bicyclic) bond motifs is 1. The molecule has 6 nitrogen and oxygen atoms in total. The molecular weight excluding hydrogens is 442 g/mol. The molecule has 6 heteroatoms. The molecule has 4 rings (SSSR count). The number of benzene rings is 2. The average Bonchev–Trinajstić information content (AvgIpc) is 2.77. The fraction of sp³-hybridized carbons (Fsp3) is 0.379. The van der Waals surface area contributed by atoms with Gasteiger partial charge >= 0.3 is 5.97 Å². The van der Waals surface area contributed by atoms with E-state index in [0.717, 1.165) is 52.2 Å². The summed E-state index contributed by atoms with van der Waals surface area (Å²) in [4.78, 5) is 24.9. The van der Waals surface area contributed by atoms with E-state index in [2.05, 4.69) is 6.07 Å². The van der Waals surface area contributed by atoms with Gasteiger partial charge in [0.2, 0.25) is 0 Å². The van der Waals surface area contributed by atoms with E-state index < -0.39 is 11.6 Å². The van der Waals surface area contributed by atoms with Crippen LogP contribution in [-0.4, -0.2) is 33.0 Å². The number of aromatic nitrogens is 1. The van der Waals surface area contributed by atoms with Gasteiger partial charge in [0.15, 0.2) is 0 Å². The first-order valence-corrected chi connectivity index (χ1v) is 11.9. The molecule has 0 amide bonds. The Bertz CT molecular complexity index is 1270. The molecule has 186 valence electrons. The minimum atomic E-state index is -0.951. The van der Waals surface area contributed by atoms with Crippen LogP contribution < -0.4 is 10.3 Å². The number of aliphatic carboxylic acids is 1. The molecule has 1 aliphatic heterocycles. The predicted molar refractivity (Wildman–Crippen MR) is 139 cm³/mol. The lowest BCUT2D eigenvalue weighted by atomic mass is 9.91. The highest BCUT2D eigenvalue weighted by Gasteiger charge is 2.22. The Morgan fingerprint density at radius 2 is 1.69 bits per heavy atom. The Labute approximate surface area is 206 Å². The van der Waals surface area contributed by atoms with E-state index in [0.29, 0.717) is 17.7 Å². The van der Waals surface area contributed by atoms with Crippen molar-refractivity contribution in [3.8, 4) is 22.6 Å². The van der Waals surface area contributed by atoms with Crippen LogP contribution in [0.5, 0.6) is 5.75 Å². The summed E-state index contributed by atoms with van der Waals surface area (Å²) in [6.45, 7) is 11.5. The van der Waals surface area contributed by atoms with Crippen LogP contribution >= 0.6 is 0 Å². The van der Waals surface area contributed by atoms with Gasteiger partial charge in [-0.2, -0.15) is 0 Å². The van der Waals surface area contributed by atoms with Gasteiger partial charge in [0.05, 0.1) is 18.6 Å². The van der Waals surface area contributed by atoms with Crippen molar-refractivity contribution >= 4 is 5.97 Å².